The zero-order valence-corrected chi connectivity index (χ0v) is 28.9. The average Bonchev–Trinajstić information content (AvgIpc) is 3.05. The molecule has 1 amide bonds. The fourth-order valence-electron chi connectivity index (χ4n) is 7.88. The van der Waals surface area contributed by atoms with Gasteiger partial charge in [0.1, 0.15) is 5.69 Å². The van der Waals surface area contributed by atoms with Crippen molar-refractivity contribution in [1.82, 2.24) is 29.7 Å². The number of fused-ring (bicyclic) bond motifs is 3. The molecular weight excluding hydrogens is 656 g/mol. The van der Waals surface area contributed by atoms with Crippen LogP contribution in [-0.2, 0) is 17.8 Å². The summed E-state index contributed by atoms with van der Waals surface area (Å²) < 4.78 is 2.70. The Balaban J connectivity index is 1.24. The molecule has 4 aromatic rings. The van der Waals surface area contributed by atoms with Crippen molar-refractivity contribution in [1.29, 1.82) is 0 Å². The quantitative estimate of drug-likeness (QED) is 0.202. The summed E-state index contributed by atoms with van der Waals surface area (Å²) >= 11 is 3.49. The number of aliphatic imine (C=N–C) groups is 1. The molecule has 1 unspecified atom stereocenters. The molecule has 1 aliphatic heterocycles. The largest absolute Gasteiger partial charge is 0.350 e. The van der Waals surface area contributed by atoms with E-state index in [9.17, 15) is 9.59 Å². The molecule has 4 fully saturated rings. The van der Waals surface area contributed by atoms with E-state index in [1.807, 2.05) is 54.3 Å². The van der Waals surface area contributed by atoms with E-state index < -0.39 is 0 Å². The number of carbonyl (C=O) groups excluding carboxylic acids is 1. The van der Waals surface area contributed by atoms with Gasteiger partial charge in [-0.3, -0.25) is 19.1 Å². The normalized spacial score (nSPS) is 25.3. The highest BCUT2D eigenvalue weighted by atomic mass is 79.9. The lowest BCUT2D eigenvalue weighted by atomic mass is 9.45. The number of hydrogen-bond donors (Lipinski definition) is 2. The van der Waals surface area contributed by atoms with E-state index in [4.69, 9.17) is 9.98 Å². The molecule has 3 saturated carbocycles. The lowest BCUT2D eigenvalue weighted by Gasteiger charge is -2.61. The second-order valence-corrected chi connectivity index (χ2v) is 15.0. The van der Waals surface area contributed by atoms with Crippen LogP contribution in [0.3, 0.4) is 0 Å². The lowest BCUT2D eigenvalue weighted by Crippen LogP contribution is -2.58. The van der Waals surface area contributed by atoms with Gasteiger partial charge in [-0.05, 0) is 85.3 Å². The van der Waals surface area contributed by atoms with Gasteiger partial charge in [0.2, 0.25) is 5.91 Å². The summed E-state index contributed by atoms with van der Waals surface area (Å²) in [5.74, 6) is 2.91. The van der Waals surface area contributed by atoms with E-state index in [1.165, 1.54) is 6.42 Å². The maximum Gasteiger partial charge on any atom is 0.261 e. The first-order valence-electron chi connectivity index (χ1n) is 16.5. The van der Waals surface area contributed by atoms with Crippen molar-refractivity contribution >= 4 is 44.4 Å². The molecule has 5 atom stereocenters. The van der Waals surface area contributed by atoms with Crippen LogP contribution in [0.15, 0.2) is 75.3 Å². The van der Waals surface area contributed by atoms with Crippen LogP contribution in [0.1, 0.15) is 46.1 Å². The molecular formula is C36H41BrN8O2. The van der Waals surface area contributed by atoms with Crippen LogP contribution in [0, 0.1) is 23.2 Å². The number of guanidine groups is 1. The van der Waals surface area contributed by atoms with Crippen LogP contribution in [-0.4, -0.2) is 61.5 Å². The first-order chi connectivity index (χ1) is 22.6. The summed E-state index contributed by atoms with van der Waals surface area (Å²) in [7, 11) is 0. The standard InChI is InChI=1S/C36H41BrN8O2/c1-21-19-44(20-32(46)40-21)35(43-29-16-24-15-28(22(29)2)36(24,3)4)41-26-9-10-27-30(17-26)42-33(31-18-38-12-13-39-31)45(34(27)47)14-11-23-5-7-25(37)8-6-23/h5-10,12-13,17-18,21-22,24,28-29H,11,14-16,19-20H2,1-4H3,(H,40,46)(H,41,43)/t21-,22-,24+,28-,29?/m0/s1. The SMILES string of the molecule is C[C@@H]1C(/N=C(/Nc2ccc3c(=O)n(CCc4ccc(Br)cc4)c(-c4cnccn4)nc3c2)N2CC(=O)N[C@@H](C)C2)C[C@H]2C[C@@H]1C2(C)C. The van der Waals surface area contributed by atoms with Gasteiger partial charge in [-0.1, -0.05) is 48.8 Å². The smallest absolute Gasteiger partial charge is 0.261 e. The monoisotopic (exact) mass is 696 g/mol. The Morgan fingerprint density at radius 2 is 1.91 bits per heavy atom. The molecule has 2 aromatic carbocycles. The van der Waals surface area contributed by atoms with Crippen LogP contribution < -0.4 is 16.2 Å². The molecule has 47 heavy (non-hydrogen) atoms. The van der Waals surface area contributed by atoms with Gasteiger partial charge in [-0.2, -0.15) is 0 Å². The molecule has 2 N–H and O–H groups in total. The molecule has 10 nitrogen and oxygen atoms in total. The van der Waals surface area contributed by atoms with Crippen LogP contribution in [0.5, 0.6) is 0 Å². The number of nitrogens with zero attached hydrogens (tertiary/aromatic N) is 6. The Morgan fingerprint density at radius 3 is 2.62 bits per heavy atom. The number of hydrogen-bond acceptors (Lipinski definition) is 6. The highest BCUT2D eigenvalue weighted by Gasteiger charge is 2.56. The predicted octanol–water partition coefficient (Wildman–Crippen LogP) is 5.52. The first-order valence-corrected chi connectivity index (χ1v) is 17.3. The van der Waals surface area contributed by atoms with E-state index >= 15 is 0 Å². The Bertz CT molecular complexity index is 1890. The Labute approximate surface area is 283 Å². The van der Waals surface area contributed by atoms with Gasteiger partial charge in [-0.25, -0.2) is 15.0 Å². The summed E-state index contributed by atoms with van der Waals surface area (Å²) in [5.41, 5.74) is 3.18. The van der Waals surface area contributed by atoms with Gasteiger partial charge >= 0.3 is 0 Å². The molecule has 3 heterocycles. The molecule has 2 bridgehead atoms. The van der Waals surface area contributed by atoms with Crippen LogP contribution >= 0.6 is 15.9 Å². The lowest BCUT2D eigenvalue weighted by molar-refractivity contribution is -0.124. The van der Waals surface area contributed by atoms with Crippen molar-refractivity contribution in [2.45, 2.75) is 65.6 Å². The Hall–Kier alpha value is -4.12. The highest BCUT2D eigenvalue weighted by Crippen LogP contribution is 2.61. The van der Waals surface area contributed by atoms with E-state index in [1.54, 1.807) is 23.2 Å². The zero-order chi connectivity index (χ0) is 32.9. The second kappa shape index (κ2) is 12.5. The van der Waals surface area contributed by atoms with Crippen molar-refractivity contribution in [2.24, 2.45) is 28.2 Å². The van der Waals surface area contributed by atoms with Crippen molar-refractivity contribution in [3.8, 4) is 11.5 Å². The molecule has 11 heteroatoms. The molecule has 4 aliphatic rings. The minimum Gasteiger partial charge on any atom is -0.350 e. The third kappa shape index (κ3) is 6.17. The molecule has 0 radical (unpaired) electrons. The summed E-state index contributed by atoms with van der Waals surface area (Å²) in [6, 6.07) is 13.9. The maximum absolute atomic E-state index is 14.0. The minimum atomic E-state index is -0.132. The number of amides is 1. The van der Waals surface area contributed by atoms with Crippen LogP contribution in [0.2, 0.25) is 0 Å². The maximum atomic E-state index is 14.0. The van der Waals surface area contributed by atoms with Crippen LogP contribution in [0.25, 0.3) is 22.4 Å². The number of piperazine rings is 1. The second-order valence-electron chi connectivity index (χ2n) is 14.0. The van der Waals surface area contributed by atoms with Gasteiger partial charge in [0.15, 0.2) is 11.8 Å². The van der Waals surface area contributed by atoms with Gasteiger partial charge in [0.05, 0.1) is 29.7 Å². The number of rotatable bonds is 6. The fraction of sp³-hybridized carbons (Fsp3) is 0.444. The van der Waals surface area contributed by atoms with Crippen LogP contribution in [0.4, 0.5) is 5.69 Å². The molecule has 0 spiro atoms. The van der Waals surface area contributed by atoms with Gasteiger partial charge in [0.25, 0.3) is 5.56 Å². The number of carbonyl (C=O) groups is 1. The summed E-state index contributed by atoms with van der Waals surface area (Å²) in [5, 5.41) is 7.10. The minimum absolute atomic E-state index is 0.00283. The van der Waals surface area contributed by atoms with Gasteiger partial charge in [-0.15, -0.1) is 0 Å². The van der Waals surface area contributed by atoms with Crippen molar-refractivity contribution < 1.29 is 4.79 Å². The Kier molecular flexibility index (Phi) is 8.36. The number of aromatic nitrogens is 4. The number of nitrogens with one attached hydrogen (secondary N) is 2. The van der Waals surface area contributed by atoms with Gasteiger partial charge in [0, 0.05) is 41.7 Å². The molecule has 8 rings (SSSR count). The van der Waals surface area contributed by atoms with E-state index in [0.717, 1.165) is 22.1 Å². The third-order valence-corrected chi connectivity index (χ3v) is 11.2. The fourth-order valence-corrected chi connectivity index (χ4v) is 8.14. The zero-order valence-electron chi connectivity index (χ0n) is 27.3. The predicted molar refractivity (Wildman–Crippen MR) is 188 cm³/mol. The Morgan fingerprint density at radius 1 is 1.11 bits per heavy atom. The molecule has 3 aliphatic carbocycles. The summed E-state index contributed by atoms with van der Waals surface area (Å²) in [6.07, 6.45) is 7.84. The van der Waals surface area contributed by atoms with Crippen molar-refractivity contribution in [3.63, 3.8) is 0 Å². The number of aryl methyl sites for hydroxylation is 1. The molecule has 1 saturated heterocycles. The summed E-state index contributed by atoms with van der Waals surface area (Å²) in [4.78, 5) is 47.7. The number of anilines is 1. The van der Waals surface area contributed by atoms with E-state index in [2.05, 4.69) is 57.3 Å². The topological polar surface area (TPSA) is 117 Å². The molecule has 2 aromatic heterocycles. The van der Waals surface area contributed by atoms with E-state index in [0.29, 0.717) is 71.1 Å². The third-order valence-electron chi connectivity index (χ3n) is 10.7. The highest BCUT2D eigenvalue weighted by molar-refractivity contribution is 9.10. The first kappa shape index (κ1) is 31.5. The number of halogens is 1. The number of benzene rings is 2. The van der Waals surface area contributed by atoms with Crippen molar-refractivity contribution in [3.05, 3.63) is 81.4 Å². The average molecular weight is 698 g/mol. The summed E-state index contributed by atoms with van der Waals surface area (Å²) in [6.45, 7) is 10.5. The van der Waals surface area contributed by atoms with Gasteiger partial charge < -0.3 is 15.5 Å². The molecule has 244 valence electrons. The van der Waals surface area contributed by atoms with E-state index in [-0.39, 0.29) is 30.1 Å². The van der Waals surface area contributed by atoms with Crippen molar-refractivity contribution in [2.75, 3.05) is 18.4 Å².